The van der Waals surface area contributed by atoms with Crippen molar-refractivity contribution >= 4 is 11.9 Å². The molecule has 2 aromatic rings. The molecule has 0 unspecified atom stereocenters. The summed E-state index contributed by atoms with van der Waals surface area (Å²) < 4.78 is 7.04. The molecular weight excluding hydrogens is 218 g/mol. The molecule has 0 bridgehead atoms. The van der Waals surface area contributed by atoms with Gasteiger partial charge in [0.2, 0.25) is 11.9 Å². The molecule has 17 heavy (non-hydrogen) atoms. The Morgan fingerprint density at radius 1 is 1.35 bits per heavy atom. The second kappa shape index (κ2) is 3.65. The molecule has 2 heterocycles. The molecule has 0 radical (unpaired) electrons. The topological polar surface area (TPSA) is 92.0 Å². The van der Waals surface area contributed by atoms with Crippen molar-refractivity contribution in [1.29, 1.82) is 0 Å². The number of hydrogen-bond donors (Lipinski definition) is 2. The van der Waals surface area contributed by atoms with Gasteiger partial charge in [-0.2, -0.15) is 4.98 Å². The molecule has 3 rings (SSSR count). The highest BCUT2D eigenvalue weighted by Crippen LogP contribution is 2.26. The Bertz CT molecular complexity index is 563. The number of rotatable bonds is 2. The second-order valence-electron chi connectivity index (χ2n) is 4.03. The van der Waals surface area contributed by atoms with Crippen molar-refractivity contribution in [2.75, 3.05) is 18.1 Å². The highest BCUT2D eigenvalue weighted by molar-refractivity contribution is 5.40. The molecule has 1 aromatic heterocycles. The molecule has 6 nitrogen and oxygen atoms in total. The van der Waals surface area contributed by atoms with E-state index in [0.29, 0.717) is 12.5 Å². The van der Waals surface area contributed by atoms with Crippen molar-refractivity contribution < 1.29 is 4.74 Å². The Labute approximate surface area is 98.2 Å². The lowest BCUT2D eigenvalue weighted by atomic mass is 10.1. The van der Waals surface area contributed by atoms with E-state index in [4.69, 9.17) is 16.2 Å². The van der Waals surface area contributed by atoms with E-state index in [2.05, 4.69) is 16.1 Å². The first-order chi connectivity index (χ1) is 8.22. The van der Waals surface area contributed by atoms with Crippen molar-refractivity contribution in [3.05, 3.63) is 29.3 Å². The first-order valence-electron chi connectivity index (χ1n) is 5.43. The zero-order valence-electron chi connectivity index (χ0n) is 9.26. The van der Waals surface area contributed by atoms with E-state index in [1.165, 1.54) is 5.56 Å². The number of anilines is 2. The SMILES string of the molecule is Nc1nc(N)n(Cc2ccc3c(c2)CCO3)n1. The minimum Gasteiger partial charge on any atom is -0.493 e. The molecule has 1 aliphatic heterocycles. The highest BCUT2D eigenvalue weighted by Gasteiger charge is 2.13. The van der Waals surface area contributed by atoms with E-state index in [1.807, 2.05) is 12.1 Å². The van der Waals surface area contributed by atoms with Gasteiger partial charge in [0.25, 0.3) is 0 Å². The number of nitrogens with two attached hydrogens (primary N) is 2. The highest BCUT2D eigenvalue weighted by atomic mass is 16.5. The molecule has 0 fully saturated rings. The lowest BCUT2D eigenvalue weighted by Crippen LogP contribution is -2.06. The first-order valence-corrected chi connectivity index (χ1v) is 5.43. The second-order valence-corrected chi connectivity index (χ2v) is 4.03. The van der Waals surface area contributed by atoms with E-state index < -0.39 is 0 Å². The Balaban J connectivity index is 1.88. The number of aromatic nitrogens is 3. The minimum atomic E-state index is 0.201. The molecule has 0 spiro atoms. The van der Waals surface area contributed by atoms with Crippen LogP contribution in [0.1, 0.15) is 11.1 Å². The number of nitrogens with zero attached hydrogens (tertiary/aromatic N) is 3. The zero-order chi connectivity index (χ0) is 11.8. The van der Waals surface area contributed by atoms with Crippen molar-refractivity contribution in [3.8, 4) is 5.75 Å². The van der Waals surface area contributed by atoms with Crippen molar-refractivity contribution in [1.82, 2.24) is 14.8 Å². The summed E-state index contributed by atoms with van der Waals surface area (Å²) in [5, 5.41) is 4.03. The molecule has 0 amide bonds. The third kappa shape index (κ3) is 1.77. The zero-order valence-corrected chi connectivity index (χ0v) is 9.26. The first kappa shape index (κ1) is 9.95. The van der Waals surface area contributed by atoms with E-state index in [-0.39, 0.29) is 5.95 Å². The molecule has 1 aliphatic rings. The minimum absolute atomic E-state index is 0.201. The maximum absolute atomic E-state index is 5.69. The average molecular weight is 231 g/mol. The van der Waals surface area contributed by atoms with Gasteiger partial charge in [-0.25, -0.2) is 4.68 Å². The van der Waals surface area contributed by atoms with Crippen molar-refractivity contribution in [2.24, 2.45) is 0 Å². The van der Waals surface area contributed by atoms with E-state index >= 15 is 0 Å². The van der Waals surface area contributed by atoms with Gasteiger partial charge in [-0.05, 0) is 17.2 Å². The Morgan fingerprint density at radius 3 is 3.00 bits per heavy atom. The fourth-order valence-electron chi connectivity index (χ4n) is 2.00. The normalized spacial score (nSPS) is 13.4. The van der Waals surface area contributed by atoms with Crippen LogP contribution in [0, 0.1) is 0 Å². The molecule has 1 aromatic carbocycles. The van der Waals surface area contributed by atoms with Crippen molar-refractivity contribution in [3.63, 3.8) is 0 Å². The lowest BCUT2D eigenvalue weighted by molar-refractivity contribution is 0.357. The number of ether oxygens (including phenoxy) is 1. The molecule has 4 N–H and O–H groups in total. The van der Waals surface area contributed by atoms with Gasteiger partial charge in [-0.1, -0.05) is 12.1 Å². The van der Waals surface area contributed by atoms with Gasteiger partial charge in [-0.3, -0.25) is 0 Å². The Kier molecular flexibility index (Phi) is 2.14. The largest absolute Gasteiger partial charge is 0.493 e. The fourth-order valence-corrected chi connectivity index (χ4v) is 2.00. The molecular formula is C11H13N5O. The summed E-state index contributed by atoms with van der Waals surface area (Å²) in [6.45, 7) is 1.33. The fraction of sp³-hybridized carbons (Fsp3) is 0.273. The summed E-state index contributed by atoms with van der Waals surface area (Å²) in [4.78, 5) is 3.86. The summed E-state index contributed by atoms with van der Waals surface area (Å²) in [6, 6.07) is 6.09. The summed E-state index contributed by atoms with van der Waals surface area (Å²) in [5.74, 6) is 1.51. The summed E-state index contributed by atoms with van der Waals surface area (Å²) >= 11 is 0. The molecule has 0 saturated heterocycles. The van der Waals surface area contributed by atoms with E-state index in [9.17, 15) is 0 Å². The van der Waals surface area contributed by atoms with Crippen LogP contribution in [0.2, 0.25) is 0 Å². The average Bonchev–Trinajstić information content (AvgIpc) is 2.85. The van der Waals surface area contributed by atoms with Crippen LogP contribution in [0.4, 0.5) is 11.9 Å². The van der Waals surface area contributed by atoms with Gasteiger partial charge in [-0.15, -0.1) is 5.10 Å². The third-order valence-electron chi connectivity index (χ3n) is 2.80. The molecule has 6 heteroatoms. The maximum Gasteiger partial charge on any atom is 0.241 e. The monoisotopic (exact) mass is 231 g/mol. The number of benzene rings is 1. The van der Waals surface area contributed by atoms with Crippen LogP contribution in [0.25, 0.3) is 0 Å². The van der Waals surface area contributed by atoms with Gasteiger partial charge in [0.05, 0.1) is 13.2 Å². The Morgan fingerprint density at radius 2 is 2.24 bits per heavy atom. The third-order valence-corrected chi connectivity index (χ3v) is 2.80. The smallest absolute Gasteiger partial charge is 0.241 e. The summed E-state index contributed by atoms with van der Waals surface area (Å²) in [7, 11) is 0. The predicted octanol–water partition coefficient (Wildman–Crippen LogP) is 0.426. The predicted molar refractivity (Wildman–Crippen MR) is 63.6 cm³/mol. The lowest BCUT2D eigenvalue weighted by Gasteiger charge is -2.05. The van der Waals surface area contributed by atoms with Gasteiger partial charge >= 0.3 is 0 Å². The molecule has 0 atom stereocenters. The van der Waals surface area contributed by atoms with Gasteiger partial charge < -0.3 is 16.2 Å². The summed E-state index contributed by atoms with van der Waals surface area (Å²) in [6.07, 6.45) is 0.956. The number of nitrogen functional groups attached to an aromatic ring is 2. The van der Waals surface area contributed by atoms with Crippen LogP contribution >= 0.6 is 0 Å². The number of fused-ring (bicyclic) bond motifs is 1. The Hall–Kier alpha value is -2.24. The quantitative estimate of drug-likeness (QED) is 0.781. The van der Waals surface area contributed by atoms with Crippen LogP contribution in [0.5, 0.6) is 5.75 Å². The van der Waals surface area contributed by atoms with Gasteiger partial charge in [0.1, 0.15) is 5.75 Å². The number of hydrogen-bond acceptors (Lipinski definition) is 5. The van der Waals surface area contributed by atoms with Crippen LogP contribution < -0.4 is 16.2 Å². The molecule has 0 saturated carbocycles. The maximum atomic E-state index is 5.69. The van der Waals surface area contributed by atoms with Gasteiger partial charge in [0.15, 0.2) is 0 Å². The van der Waals surface area contributed by atoms with E-state index in [1.54, 1.807) is 4.68 Å². The summed E-state index contributed by atoms with van der Waals surface area (Å²) in [5.41, 5.74) is 13.5. The van der Waals surface area contributed by atoms with Crippen molar-refractivity contribution in [2.45, 2.75) is 13.0 Å². The van der Waals surface area contributed by atoms with Crippen LogP contribution in [0.15, 0.2) is 18.2 Å². The van der Waals surface area contributed by atoms with Gasteiger partial charge in [0, 0.05) is 6.42 Å². The molecule has 0 aliphatic carbocycles. The van der Waals surface area contributed by atoms with Crippen LogP contribution in [-0.2, 0) is 13.0 Å². The van der Waals surface area contributed by atoms with Crippen LogP contribution in [-0.4, -0.2) is 21.4 Å². The standard InChI is InChI=1S/C11H13N5O/c12-10-14-11(13)16(15-10)6-7-1-2-9-8(5-7)3-4-17-9/h1-2,5H,3-4,6H2,(H4,12,13,14,15). The molecule has 88 valence electrons. The van der Waals surface area contributed by atoms with Crippen LogP contribution in [0.3, 0.4) is 0 Å². The van der Waals surface area contributed by atoms with E-state index in [0.717, 1.165) is 24.3 Å².